The molecule has 4 aliphatic heterocycles. The molecule has 0 aromatic carbocycles. The van der Waals surface area contributed by atoms with Crippen LogP contribution in [0.2, 0.25) is 48.4 Å². The first-order valence-electron chi connectivity index (χ1n) is 17.1. The highest BCUT2D eigenvalue weighted by Gasteiger charge is 2.40. The molecule has 4 aliphatic rings. The van der Waals surface area contributed by atoms with Crippen LogP contribution in [0.25, 0.3) is 20.7 Å². The van der Waals surface area contributed by atoms with E-state index in [2.05, 4.69) is 25.3 Å². The van der Waals surface area contributed by atoms with Gasteiger partial charge in [-0.25, -0.2) is 4.79 Å². The fourth-order valence-corrected chi connectivity index (χ4v) is 20.6. The number of aromatic amines is 2. The van der Waals surface area contributed by atoms with Gasteiger partial charge in [0.15, 0.2) is 11.3 Å². The molecule has 0 bridgehead atoms. The number of fused-ring (bicyclic) bond motifs is 2. The van der Waals surface area contributed by atoms with Crippen LogP contribution >= 0.6 is 22.7 Å². The van der Waals surface area contributed by atoms with Crippen molar-refractivity contribution in [2.45, 2.75) is 112 Å². The third-order valence-electron chi connectivity index (χ3n) is 10.9. The summed E-state index contributed by atoms with van der Waals surface area (Å²) in [5, 5.41) is 13.0. The largest absolute Gasteiger partial charge is 0.477 e. The van der Waals surface area contributed by atoms with Crippen molar-refractivity contribution in [1.82, 2.24) is 25.3 Å². The van der Waals surface area contributed by atoms with Crippen molar-refractivity contribution in [3.05, 3.63) is 23.5 Å². The maximum absolute atomic E-state index is 12.5. The Morgan fingerprint density at radius 2 is 1.23 bits per heavy atom. The zero-order valence-electron chi connectivity index (χ0n) is 27.5. The van der Waals surface area contributed by atoms with Gasteiger partial charge in [-0.1, -0.05) is 96.7 Å². The number of H-pyrrole nitrogens is 2. The molecule has 256 valence electrons. The van der Waals surface area contributed by atoms with Crippen LogP contribution in [0.5, 0.6) is 10.4 Å². The van der Waals surface area contributed by atoms with Crippen LogP contribution < -0.4 is 20.5 Å². The molecule has 8 rings (SSSR count). The van der Waals surface area contributed by atoms with E-state index in [0.717, 1.165) is 15.0 Å². The minimum Gasteiger partial charge on any atom is -0.477 e. The number of amides is 1. The first-order chi connectivity index (χ1) is 22.7. The molecular weight excluding hydrogens is 669 g/mol. The summed E-state index contributed by atoms with van der Waals surface area (Å²) in [6, 6.07) is 16.6. The zero-order chi connectivity index (χ0) is 33.0. The van der Waals surface area contributed by atoms with E-state index in [0.29, 0.717) is 33.8 Å². The normalized spacial score (nSPS) is 21.7. The number of rotatable bonds is 5. The van der Waals surface area contributed by atoms with E-state index >= 15 is 0 Å². The molecule has 0 radical (unpaired) electrons. The number of nitrogens with two attached hydrogens (primary N) is 1. The van der Waals surface area contributed by atoms with E-state index in [9.17, 15) is 9.59 Å². The Balaban J connectivity index is 0.000000136. The Kier molecular flexibility index (Phi) is 10.8. The lowest BCUT2D eigenvalue weighted by atomic mass is 10.1. The van der Waals surface area contributed by atoms with E-state index in [1.54, 1.807) is 44.1 Å². The standard InChI is InChI=1S/C16H23N3O2SSi.C9H19NSi.C7H6N2O3S/c1-21-16-19-14-13(22-16)10-12(18-14)15(20)17-11-4-8-23(9-5-11)6-2-3-7-23;10-9-3-7-11(8-4-9)5-1-2-6-11;1-12-7-9-5-4(13-7)2-3(8-5)6(10)11/h10-11,18H,2-9H2,1H3,(H,17,20);9H,1-8,10H2;2,8H,1H3,(H,10,11). The monoisotopic (exact) mass is 716 g/mol. The summed E-state index contributed by atoms with van der Waals surface area (Å²) in [4.78, 5) is 37.1. The molecule has 1 amide bonds. The first kappa shape index (κ1) is 34.1. The van der Waals surface area contributed by atoms with E-state index < -0.39 is 22.1 Å². The Bertz CT molecular complexity index is 1590. The first-order valence-corrected chi connectivity index (χ1v) is 24.3. The van der Waals surface area contributed by atoms with Crippen LogP contribution in [0.1, 0.15) is 72.3 Å². The van der Waals surface area contributed by atoms with Crippen LogP contribution in [-0.2, 0) is 0 Å². The number of carbonyl (C=O) groups is 2. The van der Waals surface area contributed by atoms with Gasteiger partial charge < -0.3 is 35.6 Å². The molecule has 2 spiro atoms. The van der Waals surface area contributed by atoms with E-state index in [-0.39, 0.29) is 11.6 Å². The number of carbonyl (C=O) groups excluding carboxylic acids is 1. The van der Waals surface area contributed by atoms with Gasteiger partial charge in [-0.05, 0) is 37.8 Å². The highest BCUT2D eigenvalue weighted by Crippen LogP contribution is 2.43. The van der Waals surface area contributed by atoms with Gasteiger partial charge in [-0.2, -0.15) is 9.97 Å². The summed E-state index contributed by atoms with van der Waals surface area (Å²) < 4.78 is 11.8. The summed E-state index contributed by atoms with van der Waals surface area (Å²) in [6.07, 6.45) is 11.1. The average Bonchev–Trinajstić information content (AvgIpc) is 3.91. The maximum Gasteiger partial charge on any atom is 0.352 e. The van der Waals surface area contributed by atoms with Gasteiger partial charge in [0, 0.05) is 12.1 Å². The van der Waals surface area contributed by atoms with E-state index in [1.165, 1.54) is 98.6 Å². The predicted molar refractivity (Wildman–Crippen MR) is 194 cm³/mol. The fourth-order valence-electron chi connectivity index (χ4n) is 8.14. The topological polar surface area (TPSA) is 168 Å². The number of aromatic nitrogens is 4. The van der Waals surface area contributed by atoms with Crippen molar-refractivity contribution in [2.75, 3.05) is 14.2 Å². The Hall–Kier alpha value is -2.73. The number of carboxylic acids is 1. The lowest BCUT2D eigenvalue weighted by Gasteiger charge is -2.35. The van der Waals surface area contributed by atoms with Crippen LogP contribution in [-0.4, -0.2) is 79.4 Å². The van der Waals surface area contributed by atoms with Crippen molar-refractivity contribution in [3.8, 4) is 10.4 Å². The number of thiazole rings is 2. The van der Waals surface area contributed by atoms with Crippen LogP contribution in [0.4, 0.5) is 0 Å². The van der Waals surface area contributed by atoms with E-state index in [4.69, 9.17) is 20.3 Å². The number of nitrogens with one attached hydrogen (secondary N) is 3. The minimum absolute atomic E-state index is 0.00297. The van der Waals surface area contributed by atoms with Gasteiger partial charge in [0.25, 0.3) is 16.3 Å². The summed E-state index contributed by atoms with van der Waals surface area (Å²) in [5.41, 5.74) is 7.96. The quantitative estimate of drug-likeness (QED) is 0.133. The fraction of sp³-hybridized carbons (Fsp3) is 0.625. The molecule has 0 aliphatic carbocycles. The lowest BCUT2D eigenvalue weighted by Crippen LogP contribution is -2.43. The summed E-state index contributed by atoms with van der Waals surface area (Å²) in [5.74, 6) is -0.979. The number of carboxylic acid groups (broad SMARTS) is 1. The number of ether oxygens (including phenoxy) is 2. The maximum atomic E-state index is 12.5. The number of hydrogen-bond donors (Lipinski definition) is 5. The van der Waals surface area contributed by atoms with Gasteiger partial charge in [0.1, 0.15) is 11.4 Å². The van der Waals surface area contributed by atoms with Gasteiger partial charge in [0.05, 0.1) is 39.8 Å². The van der Waals surface area contributed by atoms with Crippen LogP contribution in [0.15, 0.2) is 12.1 Å². The van der Waals surface area contributed by atoms with Gasteiger partial charge in [-0.3, -0.25) is 4.79 Å². The molecule has 47 heavy (non-hydrogen) atoms. The molecule has 11 nitrogen and oxygen atoms in total. The molecule has 4 saturated heterocycles. The molecular formula is C32H48N6O5S2Si2. The molecule has 4 aromatic rings. The van der Waals surface area contributed by atoms with Gasteiger partial charge in [0.2, 0.25) is 0 Å². The zero-order valence-corrected chi connectivity index (χ0v) is 31.1. The van der Waals surface area contributed by atoms with Crippen molar-refractivity contribution in [2.24, 2.45) is 5.73 Å². The molecule has 0 saturated carbocycles. The van der Waals surface area contributed by atoms with Crippen LogP contribution in [0.3, 0.4) is 0 Å². The number of methoxy groups -OCH3 is 2. The molecule has 4 aromatic heterocycles. The lowest BCUT2D eigenvalue weighted by molar-refractivity contribution is 0.0691. The predicted octanol–water partition coefficient (Wildman–Crippen LogP) is 7.45. The Labute approximate surface area is 285 Å². The van der Waals surface area contributed by atoms with Crippen molar-refractivity contribution < 1.29 is 24.2 Å². The Morgan fingerprint density at radius 1 is 0.787 bits per heavy atom. The number of aromatic carboxylic acids is 1. The highest BCUT2D eigenvalue weighted by molar-refractivity contribution is 7.20. The number of nitrogens with zero attached hydrogens (tertiary/aromatic N) is 2. The van der Waals surface area contributed by atoms with Crippen molar-refractivity contribution >= 4 is 71.4 Å². The second-order valence-corrected chi connectivity index (χ2v) is 26.0. The SMILES string of the molecule is COc1nc2[nH]c(C(=O)NC3CC[Si]4(CCCC4)CC3)cc2s1.COc1nc2[nH]c(C(=O)O)cc2s1.NC1CC[Si]2(CCCC2)CC1. The van der Waals surface area contributed by atoms with Crippen molar-refractivity contribution in [1.29, 1.82) is 0 Å². The van der Waals surface area contributed by atoms with Crippen LogP contribution in [0, 0.1) is 0 Å². The molecule has 4 fully saturated rings. The smallest absolute Gasteiger partial charge is 0.352 e. The van der Waals surface area contributed by atoms with Gasteiger partial charge in [-0.15, -0.1) is 0 Å². The molecule has 0 unspecified atom stereocenters. The molecule has 6 N–H and O–H groups in total. The molecule has 15 heteroatoms. The summed E-state index contributed by atoms with van der Waals surface area (Å²) >= 11 is 2.76. The molecule has 0 atom stereocenters. The second kappa shape index (κ2) is 14.8. The summed E-state index contributed by atoms with van der Waals surface area (Å²) in [7, 11) is 1.59. The third kappa shape index (κ3) is 8.12. The second-order valence-electron chi connectivity index (χ2n) is 14.0. The van der Waals surface area contributed by atoms with Gasteiger partial charge >= 0.3 is 5.97 Å². The Morgan fingerprint density at radius 3 is 1.68 bits per heavy atom. The number of hydrogen-bond acceptors (Lipinski definition) is 9. The minimum atomic E-state index is -0.982. The molecule has 8 heterocycles. The average molecular weight is 717 g/mol. The van der Waals surface area contributed by atoms with E-state index in [1.807, 2.05) is 6.07 Å². The van der Waals surface area contributed by atoms with Crippen molar-refractivity contribution in [3.63, 3.8) is 0 Å². The third-order valence-corrected chi connectivity index (χ3v) is 23.9. The highest BCUT2D eigenvalue weighted by atomic mass is 32.1. The summed E-state index contributed by atoms with van der Waals surface area (Å²) in [6.45, 7) is 0.